The second-order valence-corrected chi connectivity index (χ2v) is 11.8. The van der Waals surface area contributed by atoms with E-state index in [4.69, 9.17) is 9.40 Å². The van der Waals surface area contributed by atoms with Crippen LogP contribution in [-0.2, 0) is 0 Å². The highest BCUT2D eigenvalue weighted by Gasteiger charge is 2.18. The molecule has 6 aromatic carbocycles. The summed E-state index contributed by atoms with van der Waals surface area (Å²) in [5, 5.41) is 7.19. The number of hydrogen-bond acceptors (Lipinski definition) is 4. The van der Waals surface area contributed by atoms with Gasteiger partial charge in [-0.3, -0.25) is 4.90 Å². The van der Waals surface area contributed by atoms with Crippen LogP contribution in [0.1, 0.15) is 0 Å². The Bertz CT molecular complexity index is 2460. The lowest BCUT2D eigenvalue weighted by Crippen LogP contribution is -2.11. The number of rotatable bonds is 4. The first-order valence-electron chi connectivity index (χ1n) is 14.4. The van der Waals surface area contributed by atoms with Crippen molar-refractivity contribution in [2.75, 3.05) is 4.90 Å². The zero-order valence-electron chi connectivity index (χ0n) is 23.1. The van der Waals surface area contributed by atoms with E-state index in [1.165, 1.54) is 37.4 Å². The van der Waals surface area contributed by atoms with Gasteiger partial charge in [0.25, 0.3) is 0 Å². The van der Waals surface area contributed by atoms with Crippen molar-refractivity contribution in [3.05, 3.63) is 146 Å². The maximum absolute atomic E-state index is 6.30. The Morgan fingerprint density at radius 2 is 1.16 bits per heavy atom. The molecule has 0 radical (unpaired) electrons. The van der Waals surface area contributed by atoms with Crippen LogP contribution in [0.3, 0.4) is 0 Å². The van der Waals surface area contributed by atoms with Gasteiger partial charge in [0.15, 0.2) is 0 Å². The molecule has 0 N–H and O–H groups in total. The van der Waals surface area contributed by atoms with Gasteiger partial charge in [-0.2, -0.15) is 0 Å². The van der Waals surface area contributed by atoms with Crippen molar-refractivity contribution in [3.63, 3.8) is 0 Å². The summed E-state index contributed by atoms with van der Waals surface area (Å²) in [5.74, 6) is 0.867. The number of fused-ring (bicyclic) bond motifs is 8. The predicted molar refractivity (Wildman–Crippen MR) is 182 cm³/mol. The maximum atomic E-state index is 6.30. The fraction of sp³-hybridized carbons (Fsp3) is 0. The summed E-state index contributed by atoms with van der Waals surface area (Å²) < 4.78 is 7.58. The SMILES string of the molecule is c1ccc(-c2ccc(N(c3ccc4c(c3)oc3ccccc34)c3ccc4c(n3)sc3c5ccccc5ccc43)cc2)cc1. The topological polar surface area (TPSA) is 29.3 Å². The lowest BCUT2D eigenvalue weighted by molar-refractivity contribution is 0.669. The minimum atomic E-state index is 0.860. The van der Waals surface area contributed by atoms with Crippen molar-refractivity contribution >= 4 is 81.5 Å². The van der Waals surface area contributed by atoms with Gasteiger partial charge in [-0.05, 0) is 64.4 Å². The summed E-state index contributed by atoms with van der Waals surface area (Å²) in [6, 6.07) is 51.2. The van der Waals surface area contributed by atoms with Gasteiger partial charge in [0.1, 0.15) is 21.8 Å². The van der Waals surface area contributed by atoms with Crippen molar-refractivity contribution in [1.29, 1.82) is 0 Å². The number of para-hydroxylation sites is 1. The Hall–Kier alpha value is -5.45. The van der Waals surface area contributed by atoms with E-state index < -0.39 is 0 Å². The van der Waals surface area contributed by atoms with Gasteiger partial charge in [-0.15, -0.1) is 11.3 Å². The van der Waals surface area contributed by atoms with E-state index in [1.807, 2.05) is 18.2 Å². The molecule has 0 saturated heterocycles. The van der Waals surface area contributed by atoms with E-state index in [9.17, 15) is 0 Å². The van der Waals surface area contributed by atoms with Crippen LogP contribution in [0.25, 0.3) is 64.1 Å². The highest BCUT2D eigenvalue weighted by Crippen LogP contribution is 2.42. The van der Waals surface area contributed by atoms with Crippen molar-refractivity contribution in [2.45, 2.75) is 0 Å². The number of nitrogens with zero attached hydrogens (tertiary/aromatic N) is 2. The minimum absolute atomic E-state index is 0.860. The molecule has 43 heavy (non-hydrogen) atoms. The van der Waals surface area contributed by atoms with Gasteiger partial charge < -0.3 is 4.42 Å². The summed E-state index contributed by atoms with van der Waals surface area (Å²) >= 11 is 1.76. The van der Waals surface area contributed by atoms with Crippen LogP contribution < -0.4 is 4.90 Å². The Labute approximate surface area is 251 Å². The molecular formula is C39H24N2OS. The molecule has 9 aromatic rings. The van der Waals surface area contributed by atoms with Crippen molar-refractivity contribution in [2.24, 2.45) is 0 Å². The minimum Gasteiger partial charge on any atom is -0.456 e. The van der Waals surface area contributed by atoms with E-state index in [0.717, 1.165) is 44.0 Å². The molecule has 0 fully saturated rings. The van der Waals surface area contributed by atoms with Gasteiger partial charge in [0.2, 0.25) is 0 Å². The molecule has 4 heteroatoms. The number of pyridine rings is 1. The fourth-order valence-electron chi connectivity index (χ4n) is 6.20. The third-order valence-corrected chi connectivity index (χ3v) is 9.44. The van der Waals surface area contributed by atoms with Crippen LogP contribution in [0.15, 0.2) is 150 Å². The largest absolute Gasteiger partial charge is 0.456 e. The first kappa shape index (κ1) is 24.2. The standard InChI is InChI=1S/C39H24N2OS/c1-2-8-25(9-3-1)26-14-17-28(18-15-26)41(29-19-21-32-31-12-6-7-13-35(31)42-36(32)24-29)37-23-22-34-33-20-16-27-10-4-5-11-30(27)38(33)43-39(34)40-37/h1-24H. The Morgan fingerprint density at radius 3 is 2.05 bits per heavy atom. The molecule has 0 atom stereocenters. The van der Waals surface area contributed by atoms with Crippen molar-refractivity contribution in [3.8, 4) is 11.1 Å². The Kier molecular flexibility index (Phi) is 5.37. The zero-order chi connectivity index (χ0) is 28.3. The van der Waals surface area contributed by atoms with Crippen LogP contribution in [0.5, 0.6) is 0 Å². The summed E-state index contributed by atoms with van der Waals surface area (Å²) in [4.78, 5) is 8.54. The molecule has 0 bridgehead atoms. The molecule has 9 rings (SSSR count). The Balaban J connectivity index is 1.23. The van der Waals surface area contributed by atoms with E-state index in [1.54, 1.807) is 11.3 Å². The first-order chi connectivity index (χ1) is 21.3. The van der Waals surface area contributed by atoms with Crippen LogP contribution >= 0.6 is 11.3 Å². The lowest BCUT2D eigenvalue weighted by Gasteiger charge is -2.24. The average Bonchev–Trinajstić information content (AvgIpc) is 3.63. The quantitative estimate of drug-likeness (QED) is 0.211. The van der Waals surface area contributed by atoms with E-state index in [0.29, 0.717) is 0 Å². The van der Waals surface area contributed by atoms with Gasteiger partial charge in [0.05, 0.1) is 5.69 Å². The molecule has 3 aromatic heterocycles. The van der Waals surface area contributed by atoms with Crippen molar-refractivity contribution in [1.82, 2.24) is 4.98 Å². The predicted octanol–water partition coefficient (Wildman–Crippen LogP) is 11.6. The molecule has 0 unspecified atom stereocenters. The van der Waals surface area contributed by atoms with Crippen LogP contribution in [-0.4, -0.2) is 4.98 Å². The molecule has 0 amide bonds. The van der Waals surface area contributed by atoms with E-state index >= 15 is 0 Å². The first-order valence-corrected chi connectivity index (χ1v) is 15.2. The molecule has 3 heterocycles. The van der Waals surface area contributed by atoms with E-state index in [-0.39, 0.29) is 0 Å². The summed E-state index contributed by atoms with van der Waals surface area (Å²) in [7, 11) is 0. The monoisotopic (exact) mass is 568 g/mol. The van der Waals surface area contributed by atoms with E-state index in [2.05, 4.69) is 132 Å². The van der Waals surface area contributed by atoms with Crippen LogP contribution in [0.4, 0.5) is 17.2 Å². The second kappa shape index (κ2) is 9.55. The maximum Gasteiger partial charge on any atom is 0.139 e. The third kappa shape index (κ3) is 3.92. The lowest BCUT2D eigenvalue weighted by atomic mass is 10.0. The molecule has 0 spiro atoms. The number of furan rings is 1. The van der Waals surface area contributed by atoms with Gasteiger partial charge in [-0.1, -0.05) is 97.1 Å². The molecular weight excluding hydrogens is 545 g/mol. The Morgan fingerprint density at radius 1 is 0.488 bits per heavy atom. The average molecular weight is 569 g/mol. The molecule has 0 aliphatic heterocycles. The number of benzene rings is 6. The molecule has 0 aliphatic rings. The summed E-state index contributed by atoms with van der Waals surface area (Å²) in [6.07, 6.45) is 0. The zero-order valence-corrected chi connectivity index (χ0v) is 23.9. The normalized spacial score (nSPS) is 11.7. The number of hydrogen-bond donors (Lipinski definition) is 0. The summed E-state index contributed by atoms with van der Waals surface area (Å²) in [6.45, 7) is 0. The highest BCUT2D eigenvalue weighted by molar-refractivity contribution is 7.26. The highest BCUT2D eigenvalue weighted by atomic mass is 32.1. The second-order valence-electron chi connectivity index (χ2n) is 10.8. The van der Waals surface area contributed by atoms with Crippen LogP contribution in [0.2, 0.25) is 0 Å². The summed E-state index contributed by atoms with van der Waals surface area (Å²) in [5.41, 5.74) is 6.16. The molecule has 202 valence electrons. The smallest absolute Gasteiger partial charge is 0.139 e. The van der Waals surface area contributed by atoms with Gasteiger partial charge in [0, 0.05) is 38.0 Å². The fourth-order valence-corrected chi connectivity index (χ4v) is 7.40. The number of aromatic nitrogens is 1. The molecule has 0 saturated carbocycles. The molecule has 0 aliphatic carbocycles. The van der Waals surface area contributed by atoms with Crippen molar-refractivity contribution < 1.29 is 4.42 Å². The third-order valence-electron chi connectivity index (χ3n) is 8.30. The van der Waals surface area contributed by atoms with Gasteiger partial charge in [-0.25, -0.2) is 4.98 Å². The number of anilines is 3. The van der Waals surface area contributed by atoms with Crippen LogP contribution in [0, 0.1) is 0 Å². The number of thiophene rings is 1. The molecule has 3 nitrogen and oxygen atoms in total. The van der Waals surface area contributed by atoms with Gasteiger partial charge >= 0.3 is 0 Å².